The summed E-state index contributed by atoms with van der Waals surface area (Å²) in [5, 5.41) is 65.8. The van der Waals surface area contributed by atoms with Gasteiger partial charge in [0, 0.05) is 87.3 Å². The van der Waals surface area contributed by atoms with Crippen LogP contribution in [0.25, 0.3) is 0 Å². The number of aliphatic carboxylic acids is 3. The number of carboxylic acid groups (broad SMARTS) is 3. The van der Waals surface area contributed by atoms with E-state index in [1.807, 2.05) is 36.4 Å². The third kappa shape index (κ3) is 19.9. The van der Waals surface area contributed by atoms with Gasteiger partial charge in [-0.1, -0.05) is 110 Å². The molecule has 21 atom stereocenters. The first-order valence-electron chi connectivity index (χ1n) is 48.7. The summed E-state index contributed by atoms with van der Waals surface area (Å²) in [4.78, 5) is 83.8. The minimum atomic E-state index is -4.05. The fourth-order valence-corrected chi connectivity index (χ4v) is 28.4. The van der Waals surface area contributed by atoms with Crippen LogP contribution in [0.2, 0.25) is 15.1 Å². The zero-order valence-corrected chi connectivity index (χ0v) is 84.3. The molecule has 6 aromatic carbocycles. The van der Waals surface area contributed by atoms with Crippen molar-refractivity contribution < 1.29 is 98.9 Å². The second-order valence-corrected chi connectivity index (χ2v) is 49.3. The maximum absolute atomic E-state index is 13.4. The van der Waals surface area contributed by atoms with E-state index in [0.717, 1.165) is 77.0 Å². The number of carbonyl (C=O) groups excluding carboxylic acids is 3. The van der Waals surface area contributed by atoms with Gasteiger partial charge in [-0.15, -0.1) is 0 Å². The molecule has 0 saturated heterocycles. The van der Waals surface area contributed by atoms with Gasteiger partial charge in [0.25, 0.3) is 17.7 Å². The van der Waals surface area contributed by atoms with E-state index in [2.05, 4.69) is 47.1 Å². The normalized spacial score (nSPS) is 33.7. The largest absolute Gasteiger partial charge is 0.490 e. The topological polar surface area (TPSA) is 400 Å². The predicted octanol–water partition coefficient (Wildman–Crippen LogP) is 16.0. The van der Waals surface area contributed by atoms with E-state index in [1.165, 1.54) is 54.2 Å². The lowest BCUT2D eigenvalue weighted by Crippen LogP contribution is -2.55. The number of aryl methyl sites for hydroxylation is 3. The van der Waals surface area contributed by atoms with Gasteiger partial charge in [-0.2, -0.15) is 0 Å². The van der Waals surface area contributed by atoms with Gasteiger partial charge in [-0.25, -0.2) is 39.4 Å². The Morgan fingerprint density at radius 1 is 0.391 bits per heavy atom. The van der Waals surface area contributed by atoms with Crippen molar-refractivity contribution in [3.8, 4) is 17.2 Å². The first-order valence-corrected chi connectivity index (χ1v) is 54.5. The zero-order chi connectivity index (χ0) is 99.1. The zero-order valence-electron chi connectivity index (χ0n) is 79.6. The molecule has 6 aliphatic heterocycles. The SMILES string of the molecule is C[C@@H]1[C@@H](C)C/C=C/[C@](O)([C@@H](C)C(=O)O)[C@@H]2CC[C@H]2CN2C[C@@]3(CCCc4cc(Cl)ccc43)COc3ccc(cc32)C(=O)NS1(=O)=O.C[C@H](C(=O)O)[C@@]1(O)/C=C/C[C@H](C)[C@@H](C)S(=O)(=O)NC(=O)c2ccc3c(c2)N(C[C@@H]2CC[C@H]21)C[C@@]1(CCCc2cc(Cl)ccc21)CO3.C[C@H](C(=O)O)[C@]1(O)/C=C/C[C@H](C)[C@@H](C)S(=O)(=O)NC(=O)c2ccc3c(c2)N(C[C@@H]2CC[C@H]21)C[C@@]1(CCCc2cc(Cl)ccc21)CO3. The van der Waals surface area contributed by atoms with Crippen molar-refractivity contribution in [3.63, 3.8) is 0 Å². The Balaban J connectivity index is 0.000000150. The molecule has 6 heterocycles. The molecule has 6 bridgehead atoms. The van der Waals surface area contributed by atoms with Crippen molar-refractivity contribution >= 4 is 118 Å². The molecule has 0 aromatic heterocycles. The van der Waals surface area contributed by atoms with E-state index in [1.54, 1.807) is 133 Å². The maximum Gasteiger partial charge on any atom is 0.309 e. The number of fused-ring (bicyclic) bond motifs is 12. The van der Waals surface area contributed by atoms with Crippen LogP contribution in [0.1, 0.15) is 223 Å². The second kappa shape index (κ2) is 39.6. The Hall–Kier alpha value is -9.24. The van der Waals surface area contributed by atoms with Crippen LogP contribution in [0.15, 0.2) is 146 Å². The highest BCUT2D eigenvalue weighted by Gasteiger charge is 2.57. The minimum Gasteiger partial charge on any atom is -0.490 e. The molecule has 18 rings (SSSR count). The summed E-state index contributed by atoms with van der Waals surface area (Å²) >= 11 is 19.2. The molecule has 3 saturated carbocycles. The molecule has 6 aromatic rings. The third-order valence-electron chi connectivity index (χ3n) is 33.7. The van der Waals surface area contributed by atoms with E-state index in [0.29, 0.717) is 128 Å². The number of sulfonamides is 3. The van der Waals surface area contributed by atoms with Crippen LogP contribution in [-0.4, -0.2) is 183 Å². The van der Waals surface area contributed by atoms with E-state index < -0.39 is 134 Å². The van der Waals surface area contributed by atoms with Gasteiger partial charge >= 0.3 is 17.9 Å². The lowest BCUT2D eigenvalue weighted by molar-refractivity contribution is -0.157. The van der Waals surface area contributed by atoms with E-state index in [4.69, 9.17) is 49.0 Å². The Morgan fingerprint density at radius 2 is 0.652 bits per heavy atom. The number of ether oxygens (including phenoxy) is 3. The summed E-state index contributed by atoms with van der Waals surface area (Å²) in [5.41, 5.74) is 3.74. The summed E-state index contributed by atoms with van der Waals surface area (Å²) < 4.78 is 106. The van der Waals surface area contributed by atoms with Gasteiger partial charge in [0.05, 0.1) is 87.2 Å². The average Bonchev–Trinajstić information content (AvgIpc) is 1.44. The fourth-order valence-electron chi connectivity index (χ4n) is 23.9. The average molecular weight is 2010 g/mol. The fraction of sp³-hybridized carbons (Fsp3) is 0.543. The highest BCUT2D eigenvalue weighted by molar-refractivity contribution is 7.91. The lowest BCUT2D eigenvalue weighted by atomic mass is 9.60. The van der Waals surface area contributed by atoms with Gasteiger partial charge in [-0.05, 0) is 335 Å². The molecule has 3 amide bonds. The predicted molar refractivity (Wildman–Crippen MR) is 531 cm³/mol. The minimum absolute atomic E-state index is 0.0326. The summed E-state index contributed by atoms with van der Waals surface area (Å²) in [6.45, 7) is 19.0. The number of carbonyl (C=O) groups is 6. The van der Waals surface area contributed by atoms with E-state index >= 15 is 0 Å². The van der Waals surface area contributed by atoms with Crippen LogP contribution in [0, 0.1) is 71.0 Å². The van der Waals surface area contributed by atoms with Gasteiger partial charge in [0.1, 0.15) is 17.2 Å². The highest BCUT2D eigenvalue weighted by atomic mass is 35.5. The summed E-state index contributed by atoms with van der Waals surface area (Å²) in [6.07, 6.45) is 23.4. The highest BCUT2D eigenvalue weighted by Crippen LogP contribution is 2.56. The van der Waals surface area contributed by atoms with Crippen LogP contribution < -0.4 is 43.1 Å². The number of anilines is 3. The van der Waals surface area contributed by atoms with Crippen LogP contribution >= 0.6 is 34.8 Å². The molecule has 6 aliphatic carbocycles. The first-order chi connectivity index (χ1) is 65.2. The number of hydrogen-bond acceptors (Lipinski definition) is 21. The standard InChI is InChI=1S/3C35H43ClN2O7S/c3*1-21-6-4-15-35(42,22(2)33(40)41)29-11-8-26(29)18-38-19-34(14-5-7-24-16-27(36)10-12-28(24)34)20-45-31-13-9-25(17-30(31)38)32(39)37-46(43,44)23(21)3/h3*4,9-10,12-13,15-17,21-23,26,29,42H,5-8,11,14,18-20H2,1-3H3,(H,37,39)(H,40,41)/b3*15-4+/t21-,22+,23+,26-,29+,34-,35+;21-,22+,23+,26-,29+,34-,35-;21-,22-,23+,26-,29+,34-,35-/m000/s1. The smallest absolute Gasteiger partial charge is 0.309 e. The molecular formula is C105H129Cl3N6O21S3. The van der Waals surface area contributed by atoms with Crippen molar-refractivity contribution in [3.05, 3.63) is 211 Å². The molecule has 0 radical (unpaired) electrons. The molecule has 9 N–H and O–H groups in total. The number of carboxylic acids is 3. The number of rotatable bonds is 6. The number of amides is 3. The van der Waals surface area contributed by atoms with Gasteiger partial charge < -0.3 is 59.5 Å². The second-order valence-electron chi connectivity index (χ2n) is 41.9. The molecule has 27 nitrogen and oxygen atoms in total. The van der Waals surface area contributed by atoms with Crippen molar-refractivity contribution in [2.45, 2.75) is 227 Å². The summed E-state index contributed by atoms with van der Waals surface area (Å²) in [6, 6.07) is 33.1. The Kier molecular flexibility index (Phi) is 29.2. The molecule has 3 spiro atoms. The number of nitrogens with zero attached hydrogens (tertiary/aromatic N) is 3. The Labute approximate surface area is 824 Å². The molecule has 0 unspecified atom stereocenters. The number of aliphatic hydroxyl groups is 3. The van der Waals surface area contributed by atoms with Crippen molar-refractivity contribution in [2.24, 2.45) is 71.0 Å². The monoisotopic (exact) mass is 2010 g/mol. The van der Waals surface area contributed by atoms with Crippen molar-refractivity contribution in [2.75, 3.05) is 73.8 Å². The lowest BCUT2D eigenvalue weighted by Gasteiger charge is -2.50. The maximum atomic E-state index is 13.4. The molecule has 138 heavy (non-hydrogen) atoms. The number of benzene rings is 6. The molecule has 744 valence electrons. The number of nitrogens with one attached hydrogen (secondary N) is 3. The third-order valence-corrected chi connectivity index (χ3v) is 40.2. The van der Waals surface area contributed by atoms with E-state index in [9.17, 15) is 84.7 Å². The van der Waals surface area contributed by atoms with E-state index in [-0.39, 0.29) is 87.7 Å². The first kappa shape index (κ1) is 102. The molecule has 33 heteroatoms. The Morgan fingerprint density at radius 3 is 0.891 bits per heavy atom. The van der Waals surface area contributed by atoms with Crippen molar-refractivity contribution in [1.82, 2.24) is 14.2 Å². The van der Waals surface area contributed by atoms with Gasteiger partial charge in [-0.3, -0.25) is 28.8 Å². The molecule has 3 fully saturated rings. The van der Waals surface area contributed by atoms with Crippen LogP contribution in [0.3, 0.4) is 0 Å². The van der Waals surface area contributed by atoms with Gasteiger partial charge in [0.15, 0.2) is 0 Å². The quantitative estimate of drug-likeness (QED) is 0.0699. The molecule has 12 aliphatic rings. The number of hydrogen-bond donors (Lipinski definition) is 9. The number of allylic oxidation sites excluding steroid dienone is 3. The summed E-state index contributed by atoms with van der Waals surface area (Å²) in [5.74, 6) is -9.12. The van der Waals surface area contributed by atoms with Crippen LogP contribution in [-0.2, 0) is 80.0 Å². The van der Waals surface area contributed by atoms with Gasteiger partial charge in [0.2, 0.25) is 30.1 Å². The number of halogens is 3. The Bertz CT molecular complexity index is 5620. The van der Waals surface area contributed by atoms with Crippen LogP contribution in [0.4, 0.5) is 17.1 Å². The van der Waals surface area contributed by atoms with Crippen molar-refractivity contribution in [1.29, 1.82) is 0 Å². The summed E-state index contributed by atoms with van der Waals surface area (Å²) in [7, 11) is -12.1. The molecular weight excluding hydrogens is 1880 g/mol. The van der Waals surface area contributed by atoms with Crippen LogP contribution in [0.5, 0.6) is 17.2 Å².